The van der Waals surface area contributed by atoms with Crippen LogP contribution < -0.4 is 5.73 Å². The molecule has 0 radical (unpaired) electrons. The zero-order valence-electron chi connectivity index (χ0n) is 9.92. The van der Waals surface area contributed by atoms with Crippen LogP contribution in [0.15, 0.2) is 18.2 Å². The first kappa shape index (κ1) is 12.8. The number of fused-ring (bicyclic) bond motifs is 1. The smallest absolute Gasteiger partial charge is 0.135 e. The van der Waals surface area contributed by atoms with Crippen LogP contribution in [0.25, 0.3) is 10.6 Å². The molecule has 0 spiro atoms. The van der Waals surface area contributed by atoms with Gasteiger partial charge < -0.3 is 25.8 Å². The van der Waals surface area contributed by atoms with Gasteiger partial charge in [-0.1, -0.05) is 7.53 Å². The Labute approximate surface area is 109 Å². The third-order valence-electron chi connectivity index (χ3n) is 3.33. The van der Waals surface area contributed by atoms with Gasteiger partial charge >= 0.3 is 0 Å². The lowest BCUT2D eigenvalue weighted by Crippen LogP contribution is -2.32. The van der Waals surface area contributed by atoms with Crippen LogP contribution in [0.2, 0.25) is 0 Å². The minimum atomic E-state index is -1.09. The Kier molecular flexibility index (Phi) is 3.16. The van der Waals surface area contributed by atoms with Crippen LogP contribution in [0.5, 0.6) is 0 Å². The molecule has 0 amide bonds. The first-order valence-electron chi connectivity index (χ1n) is 5.83. The summed E-state index contributed by atoms with van der Waals surface area (Å²) < 4.78 is 5.54. The van der Waals surface area contributed by atoms with Gasteiger partial charge in [-0.25, -0.2) is 9.97 Å². The third-order valence-corrected chi connectivity index (χ3v) is 5.62. The normalized spacial score (nSPS) is 32.1. The van der Waals surface area contributed by atoms with E-state index >= 15 is 0 Å². The second-order valence-corrected chi connectivity index (χ2v) is 6.49. The highest BCUT2D eigenvalue weighted by atomic mass is 31.1. The van der Waals surface area contributed by atoms with Crippen LogP contribution in [0.1, 0.15) is 5.85 Å². The van der Waals surface area contributed by atoms with E-state index in [0.717, 1.165) is 10.6 Å². The van der Waals surface area contributed by atoms with Gasteiger partial charge in [-0.15, -0.1) is 0 Å². The molecule has 8 heteroatoms. The van der Waals surface area contributed by atoms with Gasteiger partial charge in [0.15, 0.2) is 0 Å². The molecule has 3 heterocycles. The summed E-state index contributed by atoms with van der Waals surface area (Å²) in [7, 11) is -1.03. The second kappa shape index (κ2) is 4.70. The Morgan fingerprint density at radius 2 is 2.11 bits per heavy atom. The van der Waals surface area contributed by atoms with Crippen molar-refractivity contribution in [2.75, 3.05) is 12.3 Å². The van der Waals surface area contributed by atoms with Crippen LogP contribution in [0.4, 0.5) is 5.82 Å². The number of aliphatic hydroxyl groups excluding tert-OH is 3. The van der Waals surface area contributed by atoms with Gasteiger partial charge in [0, 0.05) is 5.39 Å². The summed E-state index contributed by atoms with van der Waals surface area (Å²) in [5, 5.41) is 30.4. The number of aromatic nitrogens is 2. The first-order chi connectivity index (χ1) is 9.13. The summed E-state index contributed by atoms with van der Waals surface area (Å²) in [6, 6.07) is 1.81. The average Bonchev–Trinajstić information content (AvgIpc) is 2.94. The predicted molar refractivity (Wildman–Crippen MR) is 69.7 cm³/mol. The molecule has 2 aromatic heterocycles. The molecule has 1 fully saturated rings. The van der Waals surface area contributed by atoms with E-state index in [-0.39, 0.29) is 6.61 Å². The summed E-state index contributed by atoms with van der Waals surface area (Å²) in [5.41, 5.74) is 5.76. The third kappa shape index (κ3) is 1.91. The van der Waals surface area contributed by atoms with Crippen molar-refractivity contribution in [1.29, 1.82) is 0 Å². The molecule has 1 aliphatic heterocycles. The van der Waals surface area contributed by atoms with E-state index in [9.17, 15) is 10.2 Å². The Morgan fingerprint density at radius 3 is 2.79 bits per heavy atom. The van der Waals surface area contributed by atoms with Crippen molar-refractivity contribution in [3.8, 4) is 0 Å². The number of anilines is 1. The van der Waals surface area contributed by atoms with Gasteiger partial charge in [0.25, 0.3) is 0 Å². The topological polar surface area (TPSA) is 122 Å². The fraction of sp³-hybridized carbons (Fsp3) is 0.455. The Morgan fingerprint density at radius 1 is 1.32 bits per heavy atom. The van der Waals surface area contributed by atoms with E-state index < -0.39 is 31.7 Å². The Balaban J connectivity index is 2.04. The number of nitrogen functional groups attached to an aromatic ring is 1. The molecular formula is C11H14N3O4P. The van der Waals surface area contributed by atoms with Crippen molar-refractivity contribution >= 4 is 24.0 Å². The van der Waals surface area contributed by atoms with Gasteiger partial charge in [-0.05, 0) is 11.9 Å². The van der Waals surface area contributed by atoms with E-state index in [1.807, 2.05) is 11.9 Å². The van der Waals surface area contributed by atoms with E-state index in [1.54, 1.807) is 0 Å². The van der Waals surface area contributed by atoms with Gasteiger partial charge in [0.05, 0.1) is 11.9 Å². The van der Waals surface area contributed by atoms with Crippen molar-refractivity contribution < 1.29 is 20.1 Å². The molecule has 1 saturated heterocycles. The van der Waals surface area contributed by atoms with Crippen molar-refractivity contribution in [3.63, 3.8) is 0 Å². The van der Waals surface area contributed by atoms with Crippen LogP contribution >= 0.6 is 7.53 Å². The van der Waals surface area contributed by atoms with Gasteiger partial charge in [0.1, 0.15) is 36.3 Å². The molecule has 0 bridgehead atoms. The number of aliphatic hydroxyl groups is 3. The summed E-state index contributed by atoms with van der Waals surface area (Å²) in [6.45, 7) is -0.333. The maximum Gasteiger partial charge on any atom is 0.135 e. The van der Waals surface area contributed by atoms with Crippen molar-refractivity contribution in [2.24, 2.45) is 0 Å². The minimum Gasteiger partial charge on any atom is -0.394 e. The molecule has 2 aromatic rings. The summed E-state index contributed by atoms with van der Waals surface area (Å²) >= 11 is 0. The van der Waals surface area contributed by atoms with Gasteiger partial charge in [-0.3, -0.25) is 0 Å². The van der Waals surface area contributed by atoms with Crippen molar-refractivity contribution in [1.82, 2.24) is 9.97 Å². The summed E-state index contributed by atoms with van der Waals surface area (Å²) in [4.78, 5) is 8.11. The minimum absolute atomic E-state index is 0.333. The van der Waals surface area contributed by atoms with Crippen LogP contribution in [0, 0.1) is 0 Å². The van der Waals surface area contributed by atoms with Crippen molar-refractivity contribution in [2.45, 2.75) is 24.2 Å². The molecule has 0 aromatic carbocycles. The van der Waals surface area contributed by atoms with E-state index in [0.29, 0.717) is 5.82 Å². The zero-order chi connectivity index (χ0) is 13.6. The van der Waals surface area contributed by atoms with Crippen molar-refractivity contribution in [3.05, 3.63) is 18.2 Å². The molecule has 102 valence electrons. The Bertz CT molecular complexity index is 605. The summed E-state index contributed by atoms with van der Waals surface area (Å²) in [5.74, 6) is 1.68. The zero-order valence-corrected chi connectivity index (χ0v) is 10.8. The predicted octanol–water partition coefficient (Wildman–Crippen LogP) is -0.190. The fourth-order valence-corrected chi connectivity index (χ4v) is 4.61. The molecule has 5 unspecified atom stereocenters. The maximum atomic E-state index is 10.0. The quantitative estimate of drug-likeness (QED) is 0.602. The molecule has 5 atom stereocenters. The monoisotopic (exact) mass is 283 g/mol. The molecule has 1 aliphatic rings. The SMILES string of the molecule is Nc1ncnc2c1ccp2C1OC(CO)C(O)C1O. The van der Waals surface area contributed by atoms with E-state index in [1.165, 1.54) is 6.33 Å². The number of ether oxygens (including phenoxy) is 1. The number of hydrogen-bond acceptors (Lipinski definition) is 7. The number of nitrogens with zero attached hydrogens (tertiary/aromatic N) is 2. The standard InChI is InChI=1S/C11H14N3O4P/c12-9-5-1-2-19(10(5)14-4-13-9)11-8(17)7(16)6(3-15)18-11/h1-2,4,6-8,11,15-17H,3H2,(H2,12,13,14). The average molecular weight is 283 g/mol. The fourth-order valence-electron chi connectivity index (χ4n) is 2.31. The molecule has 5 N–H and O–H groups in total. The highest BCUT2D eigenvalue weighted by molar-refractivity contribution is 7.55. The highest BCUT2D eigenvalue weighted by Crippen LogP contribution is 2.53. The highest BCUT2D eigenvalue weighted by Gasteiger charge is 2.43. The molecule has 0 aliphatic carbocycles. The summed E-state index contributed by atoms with van der Waals surface area (Å²) in [6.07, 6.45) is -1.53. The van der Waals surface area contributed by atoms with Crippen LogP contribution in [-0.4, -0.2) is 50.2 Å². The molecular weight excluding hydrogens is 269 g/mol. The van der Waals surface area contributed by atoms with E-state index in [2.05, 4.69) is 9.97 Å². The molecule has 19 heavy (non-hydrogen) atoms. The lowest BCUT2D eigenvalue weighted by molar-refractivity contribution is -0.0124. The first-order valence-corrected chi connectivity index (χ1v) is 7.31. The van der Waals surface area contributed by atoms with E-state index in [4.69, 9.17) is 15.6 Å². The Hall–Kier alpha value is -1.24. The number of rotatable bonds is 2. The molecule has 7 nitrogen and oxygen atoms in total. The number of hydrogen-bond donors (Lipinski definition) is 4. The van der Waals surface area contributed by atoms with Gasteiger partial charge in [0.2, 0.25) is 0 Å². The largest absolute Gasteiger partial charge is 0.394 e. The second-order valence-electron chi connectivity index (χ2n) is 4.45. The molecule has 0 saturated carbocycles. The van der Waals surface area contributed by atoms with Crippen LogP contribution in [-0.2, 0) is 4.74 Å². The lowest BCUT2D eigenvalue weighted by Gasteiger charge is -2.14. The lowest BCUT2D eigenvalue weighted by atomic mass is 10.2. The molecule has 3 rings (SSSR count). The number of nitrogens with two attached hydrogens (primary N) is 1. The van der Waals surface area contributed by atoms with Gasteiger partial charge in [-0.2, -0.15) is 0 Å². The maximum absolute atomic E-state index is 10.0. The van der Waals surface area contributed by atoms with Crippen LogP contribution in [0.3, 0.4) is 0 Å².